The standard InChI is InChI=1S/C18H22N4O2/c1-13-3-7-22-15(9-13)20-14(10-16(22)23)11-21-8-5-18(12-21)4-2-6-19-17(18)24/h3,7,9-10H,2,4-6,8,11-12H2,1H3,(H,19,24)/t18-/m1/s1. The Morgan fingerprint density at radius 2 is 2.17 bits per heavy atom. The largest absolute Gasteiger partial charge is 0.356 e. The Kier molecular flexibility index (Phi) is 3.64. The van der Waals surface area contributed by atoms with Crippen molar-refractivity contribution in [3.05, 3.63) is 46.0 Å². The van der Waals surface area contributed by atoms with Crippen LogP contribution in [0.1, 0.15) is 30.5 Å². The van der Waals surface area contributed by atoms with Crippen LogP contribution in [0.25, 0.3) is 5.65 Å². The fourth-order valence-corrected chi connectivity index (χ4v) is 3.98. The van der Waals surface area contributed by atoms with Crippen molar-refractivity contribution in [2.24, 2.45) is 5.41 Å². The zero-order valence-electron chi connectivity index (χ0n) is 13.9. The van der Waals surface area contributed by atoms with Gasteiger partial charge in [-0.2, -0.15) is 0 Å². The van der Waals surface area contributed by atoms with E-state index in [0.717, 1.165) is 50.2 Å². The highest BCUT2D eigenvalue weighted by atomic mass is 16.2. The molecule has 2 saturated heterocycles. The molecule has 0 unspecified atom stereocenters. The molecule has 126 valence electrons. The third kappa shape index (κ3) is 2.60. The molecular weight excluding hydrogens is 304 g/mol. The lowest BCUT2D eigenvalue weighted by atomic mass is 9.79. The number of amides is 1. The number of likely N-dealkylation sites (tertiary alicyclic amines) is 1. The molecular formula is C18H22N4O2. The predicted octanol–water partition coefficient (Wildman–Crippen LogP) is 1.11. The summed E-state index contributed by atoms with van der Waals surface area (Å²) in [6.07, 6.45) is 4.67. The molecule has 2 aromatic rings. The van der Waals surface area contributed by atoms with Crippen molar-refractivity contribution in [3.8, 4) is 0 Å². The van der Waals surface area contributed by atoms with Gasteiger partial charge in [0.05, 0.1) is 11.1 Å². The first kappa shape index (κ1) is 15.3. The Balaban J connectivity index is 1.57. The number of pyridine rings is 1. The molecule has 2 aliphatic heterocycles. The highest BCUT2D eigenvalue weighted by Gasteiger charge is 2.45. The molecule has 1 N–H and O–H groups in total. The zero-order chi connectivity index (χ0) is 16.7. The van der Waals surface area contributed by atoms with E-state index in [0.29, 0.717) is 12.2 Å². The van der Waals surface area contributed by atoms with Crippen LogP contribution in [0.2, 0.25) is 0 Å². The van der Waals surface area contributed by atoms with Gasteiger partial charge in [-0.25, -0.2) is 4.98 Å². The monoisotopic (exact) mass is 326 g/mol. The maximum Gasteiger partial charge on any atom is 0.258 e. The van der Waals surface area contributed by atoms with Gasteiger partial charge in [-0.15, -0.1) is 0 Å². The Hall–Kier alpha value is -2.21. The number of hydrogen-bond acceptors (Lipinski definition) is 4. The molecule has 0 saturated carbocycles. The number of piperidine rings is 1. The summed E-state index contributed by atoms with van der Waals surface area (Å²) in [6, 6.07) is 5.43. The fourth-order valence-electron chi connectivity index (χ4n) is 3.98. The van der Waals surface area contributed by atoms with Gasteiger partial charge in [0.1, 0.15) is 5.65 Å². The maximum atomic E-state index is 12.3. The minimum Gasteiger partial charge on any atom is -0.356 e. The van der Waals surface area contributed by atoms with E-state index in [4.69, 9.17) is 0 Å². The van der Waals surface area contributed by atoms with E-state index >= 15 is 0 Å². The van der Waals surface area contributed by atoms with Crippen LogP contribution >= 0.6 is 0 Å². The second-order valence-corrected chi connectivity index (χ2v) is 7.12. The lowest BCUT2D eigenvalue weighted by molar-refractivity contribution is -0.132. The first-order chi connectivity index (χ1) is 11.6. The molecule has 6 heteroatoms. The summed E-state index contributed by atoms with van der Waals surface area (Å²) in [7, 11) is 0. The number of nitrogens with zero attached hydrogens (tertiary/aromatic N) is 3. The minimum atomic E-state index is -0.235. The molecule has 4 heterocycles. The van der Waals surface area contributed by atoms with Crippen LogP contribution < -0.4 is 10.9 Å². The van der Waals surface area contributed by atoms with Crippen LogP contribution in [-0.2, 0) is 11.3 Å². The quantitative estimate of drug-likeness (QED) is 0.898. The third-order valence-corrected chi connectivity index (χ3v) is 5.29. The molecule has 1 amide bonds. The summed E-state index contributed by atoms with van der Waals surface area (Å²) in [4.78, 5) is 31.4. The van der Waals surface area contributed by atoms with E-state index in [2.05, 4.69) is 15.2 Å². The van der Waals surface area contributed by atoms with Crippen LogP contribution in [0, 0.1) is 12.3 Å². The number of aromatic nitrogens is 2. The number of fused-ring (bicyclic) bond motifs is 1. The molecule has 6 nitrogen and oxygen atoms in total. The molecule has 0 bridgehead atoms. The van der Waals surface area contributed by atoms with Gasteiger partial charge in [-0.3, -0.25) is 18.9 Å². The average molecular weight is 326 g/mol. The summed E-state index contributed by atoms with van der Waals surface area (Å²) in [5.41, 5.74) is 2.25. The van der Waals surface area contributed by atoms with Gasteiger partial charge < -0.3 is 5.32 Å². The molecule has 0 aliphatic carbocycles. The van der Waals surface area contributed by atoms with Gasteiger partial charge in [-0.05, 0) is 50.4 Å². The summed E-state index contributed by atoms with van der Waals surface area (Å²) >= 11 is 0. The SMILES string of the molecule is Cc1ccn2c(=O)cc(CN3CC[C@]4(CCCNC4=O)C3)nc2c1. The van der Waals surface area contributed by atoms with Gasteiger partial charge in [0.15, 0.2) is 0 Å². The van der Waals surface area contributed by atoms with Gasteiger partial charge in [-0.1, -0.05) is 0 Å². The van der Waals surface area contributed by atoms with Crippen LogP contribution in [0.3, 0.4) is 0 Å². The van der Waals surface area contributed by atoms with Gasteiger partial charge >= 0.3 is 0 Å². The average Bonchev–Trinajstić information content (AvgIpc) is 2.94. The molecule has 1 atom stereocenters. The van der Waals surface area contributed by atoms with E-state index in [1.807, 2.05) is 19.1 Å². The Labute approximate surface area is 140 Å². The third-order valence-electron chi connectivity index (χ3n) is 5.29. The highest BCUT2D eigenvalue weighted by molar-refractivity contribution is 5.84. The summed E-state index contributed by atoms with van der Waals surface area (Å²) < 4.78 is 1.57. The van der Waals surface area contributed by atoms with Crippen molar-refractivity contribution >= 4 is 11.6 Å². The van der Waals surface area contributed by atoms with Crippen molar-refractivity contribution in [2.45, 2.75) is 32.7 Å². The summed E-state index contributed by atoms with van der Waals surface area (Å²) in [5.74, 6) is 0.193. The first-order valence-electron chi connectivity index (χ1n) is 8.55. The Bertz CT molecular complexity index is 860. The van der Waals surface area contributed by atoms with E-state index in [1.54, 1.807) is 16.7 Å². The normalized spacial score (nSPS) is 24.6. The second kappa shape index (κ2) is 5.70. The molecule has 1 spiro atoms. The molecule has 2 fully saturated rings. The van der Waals surface area contributed by atoms with Crippen molar-refractivity contribution < 1.29 is 4.79 Å². The fraction of sp³-hybridized carbons (Fsp3) is 0.500. The highest BCUT2D eigenvalue weighted by Crippen LogP contribution is 2.37. The summed E-state index contributed by atoms with van der Waals surface area (Å²) in [5, 5.41) is 3.00. The smallest absolute Gasteiger partial charge is 0.258 e. The van der Waals surface area contributed by atoms with Crippen LogP contribution in [0.15, 0.2) is 29.2 Å². The van der Waals surface area contributed by atoms with E-state index in [9.17, 15) is 9.59 Å². The molecule has 24 heavy (non-hydrogen) atoms. The van der Waals surface area contributed by atoms with Crippen LogP contribution in [0.4, 0.5) is 0 Å². The number of carbonyl (C=O) groups is 1. The second-order valence-electron chi connectivity index (χ2n) is 7.12. The van der Waals surface area contributed by atoms with E-state index < -0.39 is 0 Å². The Morgan fingerprint density at radius 3 is 3.00 bits per heavy atom. The van der Waals surface area contributed by atoms with Crippen LogP contribution in [-0.4, -0.2) is 39.8 Å². The maximum absolute atomic E-state index is 12.3. The topological polar surface area (TPSA) is 66.7 Å². The number of nitrogens with one attached hydrogen (secondary N) is 1. The van der Waals surface area contributed by atoms with Crippen molar-refractivity contribution in [1.82, 2.24) is 19.6 Å². The molecule has 0 aromatic carbocycles. The molecule has 0 radical (unpaired) electrons. The first-order valence-corrected chi connectivity index (χ1v) is 8.55. The summed E-state index contributed by atoms with van der Waals surface area (Å²) in [6.45, 7) is 5.04. The molecule has 4 rings (SSSR count). The molecule has 2 aromatic heterocycles. The lowest BCUT2D eigenvalue weighted by Gasteiger charge is -2.32. The van der Waals surface area contributed by atoms with Crippen molar-refractivity contribution in [3.63, 3.8) is 0 Å². The number of rotatable bonds is 2. The van der Waals surface area contributed by atoms with Crippen molar-refractivity contribution in [2.75, 3.05) is 19.6 Å². The zero-order valence-corrected chi connectivity index (χ0v) is 13.9. The van der Waals surface area contributed by atoms with E-state index in [-0.39, 0.29) is 16.9 Å². The van der Waals surface area contributed by atoms with Gasteiger partial charge in [0.2, 0.25) is 5.91 Å². The number of aryl methyl sites for hydroxylation is 1. The van der Waals surface area contributed by atoms with Gasteiger partial charge in [0, 0.05) is 31.9 Å². The molecule has 2 aliphatic rings. The number of hydrogen-bond donors (Lipinski definition) is 1. The van der Waals surface area contributed by atoms with Crippen LogP contribution in [0.5, 0.6) is 0 Å². The Morgan fingerprint density at radius 1 is 1.29 bits per heavy atom. The predicted molar refractivity (Wildman–Crippen MR) is 90.8 cm³/mol. The minimum absolute atomic E-state index is 0.0562. The lowest BCUT2D eigenvalue weighted by Crippen LogP contribution is -2.47. The van der Waals surface area contributed by atoms with Gasteiger partial charge in [0.25, 0.3) is 5.56 Å². The number of carbonyl (C=O) groups excluding carboxylic acids is 1. The van der Waals surface area contributed by atoms with E-state index in [1.165, 1.54) is 0 Å². The van der Waals surface area contributed by atoms with Crippen molar-refractivity contribution in [1.29, 1.82) is 0 Å².